The molecule has 0 spiro atoms. The zero-order valence-corrected chi connectivity index (χ0v) is 18.6. The first-order chi connectivity index (χ1) is 14.6. The lowest BCUT2D eigenvalue weighted by Crippen LogP contribution is -2.45. The molecule has 2 aliphatic rings. The number of rotatable bonds is 6. The van der Waals surface area contributed by atoms with E-state index in [1.165, 1.54) is 54.9 Å². The molecule has 0 radical (unpaired) electrons. The van der Waals surface area contributed by atoms with Crippen molar-refractivity contribution < 1.29 is 4.79 Å². The molecule has 2 atom stereocenters. The molecule has 1 aliphatic carbocycles. The van der Waals surface area contributed by atoms with Crippen LogP contribution in [0.4, 0.5) is 0 Å². The van der Waals surface area contributed by atoms with Gasteiger partial charge in [-0.05, 0) is 55.5 Å². The molecule has 1 saturated carbocycles. The fourth-order valence-electron chi connectivity index (χ4n) is 5.20. The molecule has 2 aromatic rings. The van der Waals surface area contributed by atoms with Crippen molar-refractivity contribution in [3.63, 3.8) is 0 Å². The van der Waals surface area contributed by atoms with E-state index in [1.54, 1.807) is 0 Å². The van der Waals surface area contributed by atoms with Crippen molar-refractivity contribution in [3.8, 4) is 0 Å². The Morgan fingerprint density at radius 1 is 1.00 bits per heavy atom. The highest BCUT2D eigenvalue weighted by molar-refractivity contribution is 5.83. The van der Waals surface area contributed by atoms with Gasteiger partial charge < -0.3 is 10.6 Å². The van der Waals surface area contributed by atoms with Crippen LogP contribution in [0.2, 0.25) is 0 Å². The van der Waals surface area contributed by atoms with Crippen LogP contribution in [-0.4, -0.2) is 41.5 Å². The fourth-order valence-corrected chi connectivity index (χ4v) is 5.20. The highest BCUT2D eigenvalue weighted by Gasteiger charge is 2.37. The van der Waals surface area contributed by atoms with Gasteiger partial charge in [0.2, 0.25) is 5.91 Å². The molecule has 4 heteroatoms. The van der Waals surface area contributed by atoms with Crippen molar-refractivity contribution in [2.45, 2.75) is 89.5 Å². The molecule has 1 heterocycles. The van der Waals surface area contributed by atoms with Gasteiger partial charge in [0.05, 0.1) is 6.04 Å². The van der Waals surface area contributed by atoms with Crippen molar-refractivity contribution >= 4 is 16.7 Å². The van der Waals surface area contributed by atoms with Crippen LogP contribution < -0.4 is 10.6 Å². The number of nitrogens with one attached hydrogen (secondary N) is 2. The molecule has 4 rings (SSSR count). The minimum absolute atomic E-state index is 0.0536. The second kappa shape index (κ2) is 9.93. The Balaban J connectivity index is 1.47. The van der Waals surface area contributed by atoms with Crippen LogP contribution in [0.5, 0.6) is 0 Å². The smallest absolute Gasteiger partial charge is 0.237 e. The Kier molecular flexibility index (Phi) is 7.06. The normalized spacial score (nSPS) is 23.7. The number of benzene rings is 2. The molecule has 0 aromatic heterocycles. The summed E-state index contributed by atoms with van der Waals surface area (Å²) in [6.45, 7) is 5.85. The lowest BCUT2D eigenvalue weighted by atomic mass is 10.1. The van der Waals surface area contributed by atoms with Crippen LogP contribution in [0.3, 0.4) is 0 Å². The average Bonchev–Trinajstić information content (AvgIpc) is 2.93. The van der Waals surface area contributed by atoms with E-state index >= 15 is 0 Å². The summed E-state index contributed by atoms with van der Waals surface area (Å²) in [6.07, 6.45) is 8.88. The molecule has 0 bridgehead atoms. The van der Waals surface area contributed by atoms with Crippen molar-refractivity contribution in [1.82, 2.24) is 15.5 Å². The van der Waals surface area contributed by atoms with Gasteiger partial charge in [-0.25, -0.2) is 0 Å². The summed E-state index contributed by atoms with van der Waals surface area (Å²) in [5.74, 6) is 0.177. The van der Waals surface area contributed by atoms with Crippen molar-refractivity contribution in [2.24, 2.45) is 0 Å². The van der Waals surface area contributed by atoms with E-state index in [1.807, 2.05) is 13.8 Å². The van der Waals surface area contributed by atoms with Crippen LogP contribution in [0.1, 0.15) is 64.4 Å². The Morgan fingerprint density at radius 2 is 1.73 bits per heavy atom. The summed E-state index contributed by atoms with van der Waals surface area (Å²) < 4.78 is 0. The summed E-state index contributed by atoms with van der Waals surface area (Å²) in [4.78, 5) is 15.4. The quantitative estimate of drug-likeness (QED) is 0.687. The predicted molar refractivity (Wildman–Crippen MR) is 124 cm³/mol. The molecule has 1 saturated heterocycles. The Bertz CT molecular complexity index is 841. The molecule has 2 N–H and O–H groups in total. The average molecular weight is 408 g/mol. The van der Waals surface area contributed by atoms with Crippen LogP contribution in [0.15, 0.2) is 42.5 Å². The van der Waals surface area contributed by atoms with Gasteiger partial charge in [-0.1, -0.05) is 62.1 Å². The van der Waals surface area contributed by atoms with Gasteiger partial charge in [0.25, 0.3) is 0 Å². The summed E-state index contributed by atoms with van der Waals surface area (Å²) in [5.41, 5.74) is 1.28. The third-order valence-corrected chi connectivity index (χ3v) is 6.66. The second-order valence-corrected chi connectivity index (χ2v) is 9.58. The highest BCUT2D eigenvalue weighted by Crippen LogP contribution is 2.25. The molecular formula is C26H37N3O. The Labute approximate surface area is 181 Å². The number of fused-ring (bicyclic) bond motifs is 1. The number of nitrogens with zero attached hydrogens (tertiary/aromatic N) is 1. The zero-order chi connectivity index (χ0) is 20.9. The zero-order valence-electron chi connectivity index (χ0n) is 18.6. The molecule has 1 aliphatic heterocycles. The molecule has 0 unspecified atom stereocenters. The molecule has 1 amide bonds. The third kappa shape index (κ3) is 5.41. The van der Waals surface area contributed by atoms with Crippen molar-refractivity contribution in [2.75, 3.05) is 6.54 Å². The number of carbonyl (C=O) groups is 1. The maximum atomic E-state index is 13.0. The Hall–Kier alpha value is -1.91. The first-order valence-electron chi connectivity index (χ1n) is 11.9. The summed E-state index contributed by atoms with van der Waals surface area (Å²) in [5, 5.41) is 9.61. The minimum Gasteiger partial charge on any atom is -0.353 e. The maximum absolute atomic E-state index is 13.0. The molecule has 30 heavy (non-hydrogen) atoms. The molecular weight excluding hydrogens is 370 g/mol. The van der Waals surface area contributed by atoms with Crippen LogP contribution >= 0.6 is 0 Å². The molecule has 2 fully saturated rings. The van der Waals surface area contributed by atoms with Gasteiger partial charge >= 0.3 is 0 Å². The summed E-state index contributed by atoms with van der Waals surface area (Å²) in [7, 11) is 0. The van der Waals surface area contributed by atoms with Crippen LogP contribution in [0.25, 0.3) is 10.8 Å². The van der Waals surface area contributed by atoms with Gasteiger partial charge in [0, 0.05) is 31.2 Å². The fraction of sp³-hybridized carbons (Fsp3) is 0.577. The summed E-state index contributed by atoms with van der Waals surface area (Å²) in [6, 6.07) is 16.3. The van der Waals surface area contributed by atoms with Gasteiger partial charge in [-0.3, -0.25) is 9.69 Å². The van der Waals surface area contributed by atoms with E-state index in [9.17, 15) is 4.79 Å². The van der Waals surface area contributed by atoms with Crippen LogP contribution in [-0.2, 0) is 11.3 Å². The van der Waals surface area contributed by atoms with E-state index in [0.717, 1.165) is 19.5 Å². The van der Waals surface area contributed by atoms with Crippen molar-refractivity contribution in [3.05, 3.63) is 48.0 Å². The molecule has 4 nitrogen and oxygen atoms in total. The van der Waals surface area contributed by atoms with E-state index in [-0.39, 0.29) is 18.0 Å². The maximum Gasteiger partial charge on any atom is 0.237 e. The van der Waals surface area contributed by atoms with Gasteiger partial charge in [0.15, 0.2) is 0 Å². The Morgan fingerprint density at radius 3 is 2.47 bits per heavy atom. The number of amides is 1. The summed E-state index contributed by atoms with van der Waals surface area (Å²) >= 11 is 0. The monoisotopic (exact) mass is 407 g/mol. The van der Waals surface area contributed by atoms with E-state index in [4.69, 9.17) is 0 Å². The van der Waals surface area contributed by atoms with E-state index in [0.29, 0.717) is 12.1 Å². The predicted octanol–water partition coefficient (Wildman–Crippen LogP) is 4.62. The van der Waals surface area contributed by atoms with Gasteiger partial charge in [-0.2, -0.15) is 0 Å². The minimum atomic E-state index is -0.0536. The van der Waals surface area contributed by atoms with Gasteiger partial charge in [-0.15, -0.1) is 0 Å². The van der Waals surface area contributed by atoms with E-state index < -0.39 is 0 Å². The number of hydrogen-bond acceptors (Lipinski definition) is 3. The number of likely N-dealkylation sites (tertiary alicyclic amines) is 1. The lowest BCUT2D eigenvalue weighted by Gasteiger charge is -2.25. The third-order valence-electron chi connectivity index (χ3n) is 6.66. The van der Waals surface area contributed by atoms with Crippen molar-refractivity contribution in [1.29, 1.82) is 0 Å². The molecule has 162 valence electrons. The van der Waals surface area contributed by atoms with Gasteiger partial charge in [0.1, 0.15) is 0 Å². The molecule has 2 aromatic carbocycles. The number of carbonyl (C=O) groups excluding carboxylic acids is 1. The topological polar surface area (TPSA) is 44.4 Å². The highest BCUT2D eigenvalue weighted by atomic mass is 16.2. The number of hydrogen-bond donors (Lipinski definition) is 2. The lowest BCUT2D eigenvalue weighted by molar-refractivity contribution is -0.126. The largest absolute Gasteiger partial charge is 0.353 e. The standard InChI is InChI=1S/C26H37N3O/c1-19(2)27-26(30)25-16-24(28-23-11-5-3-4-6-12-23)18-29(25)17-20-13-14-21-9-7-8-10-22(21)15-20/h7-10,13-15,19,23-25,28H,3-6,11-12,16-18H2,1-2H3,(H,27,30)/t24-,25-/m0/s1. The van der Waals surface area contributed by atoms with Crippen LogP contribution in [0, 0.1) is 0 Å². The SMILES string of the molecule is CC(C)NC(=O)[C@@H]1C[C@H](NC2CCCCCC2)CN1Cc1ccc2ccccc2c1. The first kappa shape index (κ1) is 21.3. The van der Waals surface area contributed by atoms with E-state index in [2.05, 4.69) is 58.0 Å². The second-order valence-electron chi connectivity index (χ2n) is 9.58. The first-order valence-corrected chi connectivity index (χ1v) is 11.9.